The van der Waals surface area contributed by atoms with E-state index in [0.717, 1.165) is 43.5 Å². The molecule has 2 unspecified atom stereocenters. The minimum Gasteiger partial charge on any atom is -0.379 e. The van der Waals surface area contributed by atoms with Crippen LogP contribution in [0.1, 0.15) is 58.2 Å². The van der Waals surface area contributed by atoms with Gasteiger partial charge in [-0.1, -0.05) is 20.8 Å². The van der Waals surface area contributed by atoms with Crippen molar-refractivity contribution in [2.24, 2.45) is 10.4 Å². The Morgan fingerprint density at radius 2 is 2.21 bits per heavy atom. The maximum atomic E-state index is 5.60. The zero-order valence-corrected chi connectivity index (χ0v) is 15.9. The van der Waals surface area contributed by atoms with E-state index < -0.39 is 0 Å². The van der Waals surface area contributed by atoms with Crippen molar-refractivity contribution in [2.75, 3.05) is 20.2 Å². The van der Waals surface area contributed by atoms with Crippen LogP contribution in [0.2, 0.25) is 0 Å². The molecule has 0 amide bonds. The Morgan fingerprint density at radius 1 is 1.46 bits per heavy atom. The van der Waals surface area contributed by atoms with Crippen molar-refractivity contribution in [1.29, 1.82) is 0 Å². The molecule has 1 aliphatic heterocycles. The monoisotopic (exact) mass is 336 g/mol. The molecule has 2 heterocycles. The number of aromatic nitrogens is 3. The van der Waals surface area contributed by atoms with Crippen molar-refractivity contribution in [3.63, 3.8) is 0 Å². The summed E-state index contributed by atoms with van der Waals surface area (Å²) in [5.74, 6) is 2.64. The highest BCUT2D eigenvalue weighted by Gasteiger charge is 2.26. The SMILES string of the molecule is CCNC(=NCC(OC)C(C)(C)C)NC1CCCn2nc(C)nc21. The van der Waals surface area contributed by atoms with Crippen molar-refractivity contribution in [1.82, 2.24) is 25.4 Å². The number of fused-ring (bicyclic) bond motifs is 1. The molecule has 24 heavy (non-hydrogen) atoms. The fraction of sp³-hybridized carbons (Fsp3) is 0.824. The molecule has 0 saturated carbocycles. The van der Waals surface area contributed by atoms with Gasteiger partial charge in [0, 0.05) is 20.2 Å². The summed E-state index contributed by atoms with van der Waals surface area (Å²) >= 11 is 0. The Morgan fingerprint density at radius 3 is 2.83 bits per heavy atom. The largest absolute Gasteiger partial charge is 0.379 e. The van der Waals surface area contributed by atoms with E-state index >= 15 is 0 Å². The molecule has 2 rings (SSSR count). The average molecular weight is 336 g/mol. The Hall–Kier alpha value is -1.63. The number of hydrogen-bond donors (Lipinski definition) is 2. The van der Waals surface area contributed by atoms with Crippen LogP contribution in [-0.2, 0) is 11.3 Å². The number of nitrogens with zero attached hydrogens (tertiary/aromatic N) is 4. The third kappa shape index (κ3) is 4.69. The van der Waals surface area contributed by atoms with Gasteiger partial charge in [0.2, 0.25) is 0 Å². The Labute approximate surface area is 145 Å². The van der Waals surface area contributed by atoms with Crippen LogP contribution in [-0.4, -0.2) is 47.0 Å². The smallest absolute Gasteiger partial charge is 0.191 e. The number of guanidine groups is 1. The van der Waals surface area contributed by atoms with Gasteiger partial charge in [0.05, 0.1) is 18.7 Å². The van der Waals surface area contributed by atoms with Gasteiger partial charge in [0.15, 0.2) is 5.96 Å². The maximum Gasteiger partial charge on any atom is 0.191 e. The predicted octanol–water partition coefficient (Wildman–Crippen LogP) is 2.04. The van der Waals surface area contributed by atoms with Crippen molar-refractivity contribution in [2.45, 2.75) is 66.2 Å². The fourth-order valence-corrected chi connectivity index (χ4v) is 2.97. The molecule has 136 valence electrons. The second kappa shape index (κ2) is 7.96. The number of aliphatic imine (C=N–C) groups is 1. The van der Waals surface area contributed by atoms with E-state index in [1.165, 1.54) is 0 Å². The third-order valence-corrected chi connectivity index (χ3v) is 4.30. The maximum absolute atomic E-state index is 5.60. The van der Waals surface area contributed by atoms with Crippen LogP contribution in [0.3, 0.4) is 0 Å². The van der Waals surface area contributed by atoms with E-state index in [-0.39, 0.29) is 17.6 Å². The Balaban J connectivity index is 2.10. The van der Waals surface area contributed by atoms with Gasteiger partial charge >= 0.3 is 0 Å². The highest BCUT2D eigenvalue weighted by molar-refractivity contribution is 5.80. The molecule has 0 aromatic carbocycles. The van der Waals surface area contributed by atoms with E-state index in [1.807, 2.05) is 11.6 Å². The summed E-state index contributed by atoms with van der Waals surface area (Å²) in [4.78, 5) is 9.32. The second-order valence-corrected chi connectivity index (χ2v) is 7.39. The zero-order valence-electron chi connectivity index (χ0n) is 15.9. The Kier molecular flexibility index (Phi) is 6.21. The first-order chi connectivity index (χ1) is 11.3. The summed E-state index contributed by atoms with van der Waals surface area (Å²) in [6, 6.07) is 0.147. The normalized spacial score (nSPS) is 19.8. The molecule has 0 saturated heterocycles. The van der Waals surface area contributed by atoms with Gasteiger partial charge in [-0.2, -0.15) is 5.10 Å². The molecule has 2 atom stereocenters. The molecule has 7 heteroatoms. The first kappa shape index (κ1) is 18.7. The Bertz CT molecular complexity index is 560. The van der Waals surface area contributed by atoms with E-state index in [2.05, 4.69) is 48.4 Å². The third-order valence-electron chi connectivity index (χ3n) is 4.30. The van der Waals surface area contributed by atoms with E-state index in [9.17, 15) is 0 Å². The lowest BCUT2D eigenvalue weighted by Crippen LogP contribution is -2.42. The number of hydrogen-bond acceptors (Lipinski definition) is 4. The van der Waals surface area contributed by atoms with Gasteiger partial charge in [-0.25, -0.2) is 9.67 Å². The minimum atomic E-state index is 0.0533. The fourth-order valence-electron chi connectivity index (χ4n) is 2.97. The van der Waals surface area contributed by atoms with Crippen LogP contribution in [0, 0.1) is 12.3 Å². The topological polar surface area (TPSA) is 76.4 Å². The summed E-state index contributed by atoms with van der Waals surface area (Å²) in [5, 5.41) is 11.3. The number of ether oxygens (including phenoxy) is 1. The van der Waals surface area contributed by atoms with Crippen LogP contribution in [0.25, 0.3) is 0 Å². The van der Waals surface area contributed by atoms with Crippen molar-refractivity contribution >= 4 is 5.96 Å². The molecule has 0 spiro atoms. The van der Waals surface area contributed by atoms with Gasteiger partial charge in [-0.15, -0.1) is 0 Å². The predicted molar refractivity (Wildman–Crippen MR) is 96.1 cm³/mol. The summed E-state index contributed by atoms with van der Waals surface area (Å²) in [5.41, 5.74) is 0.0533. The zero-order chi connectivity index (χ0) is 17.7. The number of methoxy groups -OCH3 is 1. The number of aryl methyl sites for hydroxylation is 2. The molecule has 0 aliphatic carbocycles. The van der Waals surface area contributed by atoms with Crippen LogP contribution in [0.4, 0.5) is 0 Å². The summed E-state index contributed by atoms with van der Waals surface area (Å²) in [6.45, 7) is 12.9. The molecule has 2 N–H and O–H groups in total. The highest BCUT2D eigenvalue weighted by Crippen LogP contribution is 2.24. The molecule has 1 aromatic rings. The summed E-state index contributed by atoms with van der Waals surface area (Å²) in [7, 11) is 1.75. The molecule has 0 radical (unpaired) electrons. The van der Waals surface area contributed by atoms with Crippen LogP contribution >= 0.6 is 0 Å². The average Bonchev–Trinajstić information content (AvgIpc) is 2.88. The standard InChI is InChI=1S/C17H32N6O/c1-7-18-16(19-11-14(24-6)17(3,4)5)21-13-9-8-10-23-15(13)20-12(2)22-23/h13-14H,7-11H2,1-6H3,(H2,18,19,21). The van der Waals surface area contributed by atoms with Gasteiger partial charge in [-0.05, 0) is 32.1 Å². The summed E-state index contributed by atoms with van der Waals surface area (Å²) < 4.78 is 7.61. The van der Waals surface area contributed by atoms with Crippen LogP contribution in [0.5, 0.6) is 0 Å². The summed E-state index contributed by atoms with van der Waals surface area (Å²) in [6.07, 6.45) is 2.20. The van der Waals surface area contributed by atoms with Crippen LogP contribution in [0.15, 0.2) is 4.99 Å². The van der Waals surface area contributed by atoms with Crippen molar-refractivity contribution in [3.8, 4) is 0 Å². The van der Waals surface area contributed by atoms with Gasteiger partial charge in [-0.3, -0.25) is 4.99 Å². The first-order valence-corrected chi connectivity index (χ1v) is 8.84. The van der Waals surface area contributed by atoms with Crippen molar-refractivity contribution in [3.05, 3.63) is 11.6 Å². The molecular formula is C17H32N6O. The number of nitrogens with one attached hydrogen (secondary N) is 2. The lowest BCUT2D eigenvalue weighted by Gasteiger charge is -2.29. The van der Waals surface area contributed by atoms with Gasteiger partial charge in [0.25, 0.3) is 0 Å². The number of rotatable bonds is 5. The quantitative estimate of drug-likeness (QED) is 0.636. The highest BCUT2D eigenvalue weighted by atomic mass is 16.5. The molecule has 0 bridgehead atoms. The molecular weight excluding hydrogens is 304 g/mol. The second-order valence-electron chi connectivity index (χ2n) is 7.39. The van der Waals surface area contributed by atoms with E-state index in [4.69, 9.17) is 9.73 Å². The van der Waals surface area contributed by atoms with Crippen molar-refractivity contribution < 1.29 is 4.74 Å². The molecule has 0 fully saturated rings. The van der Waals surface area contributed by atoms with Gasteiger partial charge in [0.1, 0.15) is 11.6 Å². The van der Waals surface area contributed by atoms with E-state index in [1.54, 1.807) is 7.11 Å². The first-order valence-electron chi connectivity index (χ1n) is 8.84. The van der Waals surface area contributed by atoms with E-state index in [0.29, 0.717) is 6.54 Å². The molecule has 1 aliphatic rings. The van der Waals surface area contributed by atoms with Gasteiger partial charge < -0.3 is 15.4 Å². The van der Waals surface area contributed by atoms with Crippen LogP contribution < -0.4 is 10.6 Å². The molecule has 7 nitrogen and oxygen atoms in total. The lowest BCUT2D eigenvalue weighted by molar-refractivity contribution is 0.0241. The molecule has 1 aromatic heterocycles. The lowest BCUT2D eigenvalue weighted by atomic mass is 9.89. The minimum absolute atomic E-state index is 0.0533.